The summed E-state index contributed by atoms with van der Waals surface area (Å²) in [6.45, 7) is 3.92. The van der Waals surface area contributed by atoms with Crippen LogP contribution < -0.4 is 4.74 Å². The van der Waals surface area contributed by atoms with Crippen LogP contribution in [0.4, 0.5) is 0 Å². The van der Waals surface area contributed by atoms with E-state index in [9.17, 15) is 4.79 Å². The normalized spacial score (nSPS) is 37.1. The minimum absolute atomic E-state index is 0.120. The van der Waals surface area contributed by atoms with E-state index in [4.69, 9.17) is 9.47 Å². The van der Waals surface area contributed by atoms with Gasteiger partial charge in [-0.05, 0) is 79.5 Å². The molecule has 5 atom stereocenters. The van der Waals surface area contributed by atoms with Crippen molar-refractivity contribution >= 4 is 5.97 Å². The molecule has 0 radical (unpaired) electrons. The smallest absolute Gasteiger partial charge is 0.302 e. The molecule has 0 amide bonds. The van der Waals surface area contributed by atoms with Crippen LogP contribution in [-0.4, -0.2) is 19.2 Å². The van der Waals surface area contributed by atoms with E-state index in [0.29, 0.717) is 11.8 Å². The van der Waals surface area contributed by atoms with Gasteiger partial charge in [-0.2, -0.15) is 0 Å². The molecule has 24 heavy (non-hydrogen) atoms. The molecule has 3 heteroatoms. The van der Waals surface area contributed by atoms with Gasteiger partial charge in [-0.1, -0.05) is 13.0 Å². The summed E-state index contributed by atoms with van der Waals surface area (Å²) in [4.78, 5) is 11.5. The number of carbonyl (C=O) groups excluding carboxylic acids is 1. The molecule has 0 heterocycles. The van der Waals surface area contributed by atoms with Crippen LogP contribution in [0.25, 0.3) is 0 Å². The lowest BCUT2D eigenvalue weighted by Gasteiger charge is -2.50. The summed E-state index contributed by atoms with van der Waals surface area (Å²) in [5.74, 6) is 2.96. The molecule has 0 N–H and O–H groups in total. The average Bonchev–Trinajstić information content (AvgIpc) is 2.90. The third-order valence-corrected chi connectivity index (χ3v) is 7.15. The Bertz CT molecular complexity index is 652. The molecule has 2 fully saturated rings. The number of hydrogen-bond acceptors (Lipinski definition) is 3. The van der Waals surface area contributed by atoms with Crippen LogP contribution in [0.3, 0.4) is 0 Å². The first kappa shape index (κ1) is 16.0. The summed E-state index contributed by atoms with van der Waals surface area (Å²) in [5.41, 5.74) is 3.20. The SMILES string of the molecule is COc1ccc2c(c1)CC[C@H]1[C@H]2CC[C@]2(C)[C@@H](OC(C)=O)CC[C@@H]12. The number of aryl methyl sites for hydroxylation is 1. The number of ether oxygens (including phenoxy) is 2. The van der Waals surface area contributed by atoms with E-state index in [0.717, 1.165) is 24.5 Å². The topological polar surface area (TPSA) is 35.5 Å². The lowest BCUT2D eigenvalue weighted by atomic mass is 9.55. The molecule has 0 aromatic heterocycles. The Hall–Kier alpha value is -1.51. The van der Waals surface area contributed by atoms with Crippen LogP contribution in [0.5, 0.6) is 5.75 Å². The first-order valence-corrected chi connectivity index (χ1v) is 9.37. The van der Waals surface area contributed by atoms with E-state index in [1.54, 1.807) is 19.6 Å². The summed E-state index contributed by atoms with van der Waals surface area (Å²) in [7, 11) is 1.74. The average molecular weight is 328 g/mol. The van der Waals surface area contributed by atoms with E-state index in [1.807, 2.05) is 0 Å². The van der Waals surface area contributed by atoms with Crippen LogP contribution in [0.1, 0.15) is 63.0 Å². The predicted octanol–water partition coefficient (Wildman–Crippen LogP) is 4.48. The number of hydrogen-bond donors (Lipinski definition) is 0. The maximum absolute atomic E-state index is 11.5. The van der Waals surface area contributed by atoms with Gasteiger partial charge in [0.1, 0.15) is 11.9 Å². The highest BCUT2D eigenvalue weighted by Gasteiger charge is 2.56. The maximum Gasteiger partial charge on any atom is 0.302 e. The minimum atomic E-state index is -0.120. The molecule has 0 unspecified atom stereocenters. The number of fused-ring (bicyclic) bond motifs is 5. The summed E-state index contributed by atoms with van der Waals surface area (Å²) in [5, 5.41) is 0. The Morgan fingerprint density at radius 2 is 2.04 bits per heavy atom. The Kier molecular flexibility index (Phi) is 3.85. The van der Waals surface area contributed by atoms with Crippen LogP contribution in [0.15, 0.2) is 18.2 Å². The molecule has 0 spiro atoms. The molecule has 3 aliphatic carbocycles. The first-order chi connectivity index (χ1) is 11.5. The number of esters is 1. The van der Waals surface area contributed by atoms with Gasteiger partial charge >= 0.3 is 5.97 Å². The van der Waals surface area contributed by atoms with Crippen LogP contribution in [0.2, 0.25) is 0 Å². The summed E-state index contributed by atoms with van der Waals surface area (Å²) in [6, 6.07) is 6.65. The third kappa shape index (κ3) is 2.35. The third-order valence-electron chi connectivity index (χ3n) is 7.15. The molecule has 130 valence electrons. The van der Waals surface area contributed by atoms with E-state index in [-0.39, 0.29) is 17.5 Å². The van der Waals surface area contributed by atoms with Crippen molar-refractivity contribution in [2.75, 3.05) is 7.11 Å². The van der Waals surface area contributed by atoms with Gasteiger partial charge < -0.3 is 9.47 Å². The number of rotatable bonds is 2. The zero-order valence-corrected chi connectivity index (χ0v) is 15.0. The van der Waals surface area contributed by atoms with Gasteiger partial charge in [0.05, 0.1) is 7.11 Å². The van der Waals surface area contributed by atoms with E-state index in [1.165, 1.54) is 31.2 Å². The molecular formula is C21H28O3. The highest BCUT2D eigenvalue weighted by atomic mass is 16.5. The van der Waals surface area contributed by atoms with Crippen LogP contribution in [-0.2, 0) is 16.0 Å². The standard InChI is InChI=1S/C21H28O3/c1-13(22)24-20-9-8-19-18-6-4-14-12-15(23-3)5-7-16(14)17(18)10-11-21(19,20)2/h5,7,12,17-20H,4,6,8-11H2,1-3H3/t17-,18-,19-,20-,21-/m0/s1. The van der Waals surface area contributed by atoms with Crippen LogP contribution >= 0.6 is 0 Å². The van der Waals surface area contributed by atoms with Crippen molar-refractivity contribution < 1.29 is 14.3 Å². The number of benzene rings is 1. The van der Waals surface area contributed by atoms with Crippen molar-refractivity contribution in [3.05, 3.63) is 29.3 Å². The lowest BCUT2D eigenvalue weighted by molar-refractivity contribution is -0.154. The van der Waals surface area contributed by atoms with Crippen LogP contribution in [0, 0.1) is 17.3 Å². The van der Waals surface area contributed by atoms with Gasteiger partial charge in [-0.3, -0.25) is 4.79 Å². The van der Waals surface area contributed by atoms with Crippen molar-refractivity contribution in [1.82, 2.24) is 0 Å². The molecule has 0 saturated heterocycles. The zero-order chi connectivity index (χ0) is 16.9. The van der Waals surface area contributed by atoms with Crippen molar-refractivity contribution in [2.45, 2.75) is 64.4 Å². The van der Waals surface area contributed by atoms with Gasteiger partial charge in [-0.15, -0.1) is 0 Å². The van der Waals surface area contributed by atoms with Gasteiger partial charge in [0.25, 0.3) is 0 Å². The fourth-order valence-corrected chi connectivity index (χ4v) is 6.03. The van der Waals surface area contributed by atoms with Gasteiger partial charge in [0.15, 0.2) is 0 Å². The van der Waals surface area contributed by atoms with E-state index < -0.39 is 0 Å². The number of carbonyl (C=O) groups is 1. The van der Waals surface area contributed by atoms with Gasteiger partial charge in [0.2, 0.25) is 0 Å². The summed E-state index contributed by atoms with van der Waals surface area (Å²) in [6.07, 6.45) is 7.17. The lowest BCUT2D eigenvalue weighted by Crippen LogP contribution is -2.45. The van der Waals surface area contributed by atoms with Gasteiger partial charge in [-0.25, -0.2) is 0 Å². The second-order valence-corrected chi connectivity index (χ2v) is 8.20. The molecule has 3 nitrogen and oxygen atoms in total. The fraction of sp³-hybridized carbons (Fsp3) is 0.667. The van der Waals surface area contributed by atoms with E-state index >= 15 is 0 Å². The summed E-state index contributed by atoms with van der Waals surface area (Å²) < 4.78 is 11.1. The highest BCUT2D eigenvalue weighted by molar-refractivity contribution is 5.66. The van der Waals surface area contributed by atoms with E-state index in [2.05, 4.69) is 25.1 Å². The monoisotopic (exact) mass is 328 g/mol. The van der Waals surface area contributed by atoms with Crippen molar-refractivity contribution in [3.63, 3.8) is 0 Å². The van der Waals surface area contributed by atoms with Crippen molar-refractivity contribution in [2.24, 2.45) is 17.3 Å². The molecule has 0 bridgehead atoms. The predicted molar refractivity (Wildman–Crippen MR) is 93.2 cm³/mol. The number of methoxy groups -OCH3 is 1. The summed E-state index contributed by atoms with van der Waals surface area (Å²) >= 11 is 0. The quantitative estimate of drug-likeness (QED) is 0.751. The first-order valence-electron chi connectivity index (χ1n) is 9.37. The molecule has 1 aromatic rings. The maximum atomic E-state index is 11.5. The molecule has 3 aliphatic rings. The largest absolute Gasteiger partial charge is 0.497 e. The molecule has 4 rings (SSSR count). The second kappa shape index (κ2) is 5.79. The molecular weight excluding hydrogens is 300 g/mol. The fourth-order valence-electron chi connectivity index (χ4n) is 6.03. The Morgan fingerprint density at radius 3 is 2.79 bits per heavy atom. The second-order valence-electron chi connectivity index (χ2n) is 8.20. The molecule has 1 aromatic carbocycles. The van der Waals surface area contributed by atoms with Gasteiger partial charge in [0, 0.05) is 12.3 Å². The zero-order valence-electron chi connectivity index (χ0n) is 15.0. The Labute approximate surface area is 144 Å². The Morgan fingerprint density at radius 1 is 1.21 bits per heavy atom. The van der Waals surface area contributed by atoms with Crippen molar-refractivity contribution in [1.29, 1.82) is 0 Å². The minimum Gasteiger partial charge on any atom is -0.497 e. The van der Waals surface area contributed by atoms with Crippen molar-refractivity contribution in [3.8, 4) is 5.75 Å². The highest BCUT2D eigenvalue weighted by Crippen LogP contribution is 2.61. The molecule has 0 aliphatic heterocycles. The Balaban J connectivity index is 1.62. The molecule has 2 saturated carbocycles.